The van der Waals surface area contributed by atoms with Gasteiger partial charge in [0, 0.05) is 12.4 Å². The van der Waals surface area contributed by atoms with E-state index in [2.05, 4.69) is 16.3 Å². The number of aromatic nitrogens is 2. The monoisotopic (exact) mass is 391 g/mol. The van der Waals surface area contributed by atoms with Gasteiger partial charge in [0.2, 0.25) is 0 Å². The van der Waals surface area contributed by atoms with Crippen LogP contribution in [0.2, 0.25) is 0 Å². The van der Waals surface area contributed by atoms with Gasteiger partial charge >= 0.3 is 5.97 Å². The smallest absolute Gasteiger partial charge is 0.359 e. The number of hydrogen-bond donors (Lipinski definition) is 1. The fourth-order valence-corrected chi connectivity index (χ4v) is 3.87. The molecule has 0 fully saturated rings. The maximum Gasteiger partial charge on any atom is 0.359 e. The van der Waals surface area contributed by atoms with Crippen LogP contribution in [-0.4, -0.2) is 40.6 Å². The molecule has 0 bridgehead atoms. The Morgan fingerprint density at radius 1 is 1.14 bits per heavy atom. The molecule has 1 heterocycles. The third kappa shape index (κ3) is 3.63. The summed E-state index contributed by atoms with van der Waals surface area (Å²) in [5.41, 5.74) is 2.00. The first-order valence-electron chi connectivity index (χ1n) is 9.54. The summed E-state index contributed by atoms with van der Waals surface area (Å²) >= 11 is 0. The van der Waals surface area contributed by atoms with E-state index in [0.29, 0.717) is 10.8 Å². The predicted octanol–water partition coefficient (Wildman–Crippen LogP) is 2.62. The van der Waals surface area contributed by atoms with Crippen LogP contribution in [0.15, 0.2) is 53.3 Å². The van der Waals surface area contributed by atoms with E-state index in [4.69, 9.17) is 4.74 Å². The van der Waals surface area contributed by atoms with Crippen molar-refractivity contribution in [1.82, 2.24) is 15.1 Å². The lowest BCUT2D eigenvalue weighted by Crippen LogP contribution is -2.36. The average molecular weight is 391 g/mol. The van der Waals surface area contributed by atoms with E-state index >= 15 is 0 Å². The van der Waals surface area contributed by atoms with Crippen molar-refractivity contribution in [2.24, 2.45) is 0 Å². The van der Waals surface area contributed by atoms with Crippen molar-refractivity contribution in [2.45, 2.75) is 25.3 Å². The van der Waals surface area contributed by atoms with Crippen LogP contribution in [0, 0.1) is 0 Å². The number of likely N-dealkylation sites (N-methyl/N-ethyl adjacent to an activating group) is 1. The number of carbonyl (C=O) groups excluding carboxylic acids is 2. The minimum Gasteiger partial charge on any atom is -0.451 e. The van der Waals surface area contributed by atoms with E-state index < -0.39 is 5.97 Å². The highest BCUT2D eigenvalue weighted by atomic mass is 16.5. The normalized spacial score (nSPS) is 15.6. The molecule has 3 aromatic rings. The van der Waals surface area contributed by atoms with Crippen LogP contribution in [0.1, 0.15) is 40.5 Å². The first kappa shape index (κ1) is 18.9. The van der Waals surface area contributed by atoms with Crippen molar-refractivity contribution in [2.75, 3.05) is 13.7 Å². The van der Waals surface area contributed by atoms with Crippen molar-refractivity contribution in [3.8, 4) is 0 Å². The fraction of sp³-hybridized carbons (Fsp3) is 0.273. The Hall–Kier alpha value is -3.48. The molecule has 0 unspecified atom stereocenters. The van der Waals surface area contributed by atoms with Crippen molar-refractivity contribution in [1.29, 1.82) is 0 Å². The Bertz CT molecular complexity index is 1140. The summed E-state index contributed by atoms with van der Waals surface area (Å²) in [6.07, 6.45) is 2.89. The molecule has 1 atom stereocenters. The summed E-state index contributed by atoms with van der Waals surface area (Å²) in [4.78, 5) is 38.7. The van der Waals surface area contributed by atoms with E-state index in [1.54, 1.807) is 36.2 Å². The summed E-state index contributed by atoms with van der Waals surface area (Å²) in [6, 6.07) is 14.7. The zero-order chi connectivity index (χ0) is 20.4. The molecule has 1 N–H and O–H groups in total. The molecule has 29 heavy (non-hydrogen) atoms. The molecule has 1 aromatic heterocycles. The third-order valence-corrected chi connectivity index (χ3v) is 5.41. The van der Waals surface area contributed by atoms with Gasteiger partial charge in [-0.15, -0.1) is 0 Å². The first-order chi connectivity index (χ1) is 14.1. The Balaban J connectivity index is 1.47. The summed E-state index contributed by atoms with van der Waals surface area (Å²) < 4.78 is 5.22. The maximum atomic E-state index is 12.7. The fourth-order valence-electron chi connectivity index (χ4n) is 3.87. The molecule has 0 radical (unpaired) electrons. The van der Waals surface area contributed by atoms with E-state index in [9.17, 15) is 14.4 Å². The molecule has 148 valence electrons. The molecule has 7 nitrogen and oxygen atoms in total. The van der Waals surface area contributed by atoms with Gasteiger partial charge in [0.25, 0.3) is 11.5 Å². The van der Waals surface area contributed by atoms with E-state index in [1.807, 2.05) is 18.2 Å². The summed E-state index contributed by atoms with van der Waals surface area (Å²) in [5, 5.41) is 6.84. The summed E-state index contributed by atoms with van der Waals surface area (Å²) in [5.74, 6) is -1.03. The Morgan fingerprint density at radius 3 is 2.69 bits per heavy atom. The van der Waals surface area contributed by atoms with Crippen molar-refractivity contribution >= 4 is 22.6 Å². The third-order valence-electron chi connectivity index (χ3n) is 5.41. The molecule has 1 aliphatic rings. The molecule has 1 aliphatic carbocycles. The van der Waals surface area contributed by atoms with Crippen LogP contribution in [-0.2, 0) is 16.0 Å². The number of hydrogen-bond acceptors (Lipinski definition) is 5. The molecule has 1 amide bonds. The van der Waals surface area contributed by atoms with Gasteiger partial charge in [0.05, 0.1) is 11.4 Å². The molecule has 4 rings (SSSR count). The van der Waals surface area contributed by atoms with Crippen molar-refractivity contribution < 1.29 is 14.3 Å². The molecule has 7 heteroatoms. The van der Waals surface area contributed by atoms with Crippen LogP contribution in [0.5, 0.6) is 0 Å². The SMILES string of the molecule is CN(C(=O)COC(=O)c1n[nH]c(=O)c2ccccc12)[C@@H]1CCCc2ccccc21. The van der Waals surface area contributed by atoms with E-state index in [-0.39, 0.29) is 29.8 Å². The maximum absolute atomic E-state index is 12.7. The number of esters is 1. The lowest BCUT2D eigenvalue weighted by molar-refractivity contribution is -0.135. The van der Waals surface area contributed by atoms with E-state index in [0.717, 1.165) is 24.8 Å². The Labute approximate surface area is 167 Å². The zero-order valence-corrected chi connectivity index (χ0v) is 16.1. The van der Waals surface area contributed by atoms with Crippen LogP contribution in [0.25, 0.3) is 10.8 Å². The molecule has 0 saturated carbocycles. The minimum atomic E-state index is -0.747. The standard InChI is InChI=1S/C22H21N3O4/c1-25(18-12-6-8-14-7-2-3-9-15(14)18)19(26)13-29-22(28)20-16-10-4-5-11-17(16)21(27)24-23-20/h2-5,7,9-11,18H,6,8,12-13H2,1H3,(H,24,27)/t18-/m1/s1. The Kier molecular flexibility index (Phi) is 5.12. The quantitative estimate of drug-likeness (QED) is 0.690. The van der Waals surface area contributed by atoms with Gasteiger partial charge in [-0.25, -0.2) is 9.89 Å². The van der Waals surface area contributed by atoms with Gasteiger partial charge in [-0.3, -0.25) is 9.59 Å². The first-order valence-corrected chi connectivity index (χ1v) is 9.54. The topological polar surface area (TPSA) is 92.4 Å². The van der Waals surface area contributed by atoms with Gasteiger partial charge < -0.3 is 9.64 Å². The highest BCUT2D eigenvalue weighted by Crippen LogP contribution is 2.33. The van der Waals surface area contributed by atoms with Gasteiger partial charge in [0.15, 0.2) is 12.3 Å². The second kappa shape index (κ2) is 7.87. The minimum absolute atomic E-state index is 0.0151. The largest absolute Gasteiger partial charge is 0.451 e. The second-order valence-electron chi connectivity index (χ2n) is 7.13. The number of nitrogens with one attached hydrogen (secondary N) is 1. The number of amides is 1. The lowest BCUT2D eigenvalue weighted by Gasteiger charge is -2.33. The molecule has 0 aliphatic heterocycles. The second-order valence-corrected chi connectivity index (χ2v) is 7.13. The van der Waals surface area contributed by atoms with Crippen molar-refractivity contribution in [3.63, 3.8) is 0 Å². The van der Waals surface area contributed by atoms with Crippen LogP contribution >= 0.6 is 0 Å². The number of fused-ring (bicyclic) bond motifs is 2. The highest BCUT2D eigenvalue weighted by Gasteiger charge is 2.27. The highest BCUT2D eigenvalue weighted by molar-refractivity contribution is 6.02. The van der Waals surface area contributed by atoms with Crippen LogP contribution < -0.4 is 5.56 Å². The Morgan fingerprint density at radius 2 is 1.86 bits per heavy atom. The molecule has 0 saturated heterocycles. The number of nitrogens with zero attached hydrogens (tertiary/aromatic N) is 2. The molecular formula is C22H21N3O4. The molecule has 2 aromatic carbocycles. The summed E-state index contributed by atoms with van der Waals surface area (Å²) in [7, 11) is 1.73. The number of ether oxygens (including phenoxy) is 1. The van der Waals surface area contributed by atoms with Gasteiger partial charge in [-0.05, 0) is 36.5 Å². The number of aryl methyl sites for hydroxylation is 1. The predicted molar refractivity (Wildman–Crippen MR) is 108 cm³/mol. The van der Waals surface area contributed by atoms with E-state index in [1.165, 1.54) is 5.56 Å². The number of H-pyrrole nitrogens is 1. The summed E-state index contributed by atoms with van der Waals surface area (Å²) in [6.45, 7) is -0.386. The molecule has 0 spiro atoms. The zero-order valence-electron chi connectivity index (χ0n) is 16.1. The van der Waals surface area contributed by atoms with Gasteiger partial charge in [0.1, 0.15) is 0 Å². The number of benzene rings is 2. The van der Waals surface area contributed by atoms with Gasteiger partial charge in [-0.2, -0.15) is 5.10 Å². The average Bonchev–Trinajstić information content (AvgIpc) is 2.76. The lowest BCUT2D eigenvalue weighted by atomic mass is 9.87. The van der Waals surface area contributed by atoms with Crippen molar-refractivity contribution in [3.05, 3.63) is 75.7 Å². The van der Waals surface area contributed by atoms with Crippen LogP contribution in [0.3, 0.4) is 0 Å². The van der Waals surface area contributed by atoms with Crippen LogP contribution in [0.4, 0.5) is 0 Å². The number of aromatic amines is 1. The number of rotatable bonds is 4. The van der Waals surface area contributed by atoms with Gasteiger partial charge in [-0.1, -0.05) is 42.5 Å². The number of carbonyl (C=O) groups is 2. The molecular weight excluding hydrogens is 370 g/mol.